The molecule has 0 radical (unpaired) electrons. The predicted molar refractivity (Wildman–Crippen MR) is 105 cm³/mol. The van der Waals surface area contributed by atoms with Gasteiger partial charge < -0.3 is 20.1 Å². The van der Waals surface area contributed by atoms with E-state index in [-0.39, 0.29) is 42.1 Å². The molecule has 7 nitrogen and oxygen atoms in total. The van der Waals surface area contributed by atoms with Gasteiger partial charge in [0.15, 0.2) is 0 Å². The van der Waals surface area contributed by atoms with E-state index in [1.807, 2.05) is 4.90 Å². The number of carbonyl (C=O) groups excluding carboxylic acids is 2. The first kappa shape index (κ1) is 21.7. The highest BCUT2D eigenvalue weighted by atomic mass is 35.5. The Morgan fingerprint density at radius 3 is 2.93 bits per heavy atom. The molecule has 2 aliphatic rings. The van der Waals surface area contributed by atoms with E-state index in [2.05, 4.69) is 29.6 Å². The fourth-order valence-electron chi connectivity index (χ4n) is 3.68. The van der Waals surface area contributed by atoms with Crippen LogP contribution in [0.15, 0.2) is 10.6 Å². The van der Waals surface area contributed by atoms with Crippen LogP contribution in [0.25, 0.3) is 0 Å². The third kappa shape index (κ3) is 5.45. The van der Waals surface area contributed by atoms with Gasteiger partial charge in [-0.1, -0.05) is 19.0 Å². The summed E-state index contributed by atoms with van der Waals surface area (Å²) in [6, 6.07) is 1.72. The molecule has 0 saturated carbocycles. The number of hydrogen-bond acceptors (Lipinski definition) is 5. The lowest BCUT2D eigenvalue weighted by molar-refractivity contribution is -0.123. The number of halogens is 1. The molecule has 2 aliphatic heterocycles. The fourth-order valence-corrected chi connectivity index (χ4v) is 3.68. The van der Waals surface area contributed by atoms with Gasteiger partial charge in [-0.05, 0) is 44.6 Å². The lowest BCUT2D eigenvalue weighted by Gasteiger charge is -2.32. The third-order valence-corrected chi connectivity index (χ3v) is 5.60. The zero-order valence-corrected chi connectivity index (χ0v) is 17.0. The first-order valence-electron chi connectivity index (χ1n) is 9.85. The van der Waals surface area contributed by atoms with Crippen LogP contribution < -0.4 is 10.6 Å². The predicted octanol–water partition coefficient (Wildman–Crippen LogP) is 2.33. The summed E-state index contributed by atoms with van der Waals surface area (Å²) in [5.74, 6) is 0.879. The average Bonchev–Trinajstić information content (AvgIpc) is 3.37. The number of rotatable bonds is 6. The number of piperidine rings is 1. The first-order valence-corrected chi connectivity index (χ1v) is 9.85. The molecule has 3 atom stereocenters. The van der Waals surface area contributed by atoms with Crippen LogP contribution in [0.2, 0.25) is 0 Å². The van der Waals surface area contributed by atoms with E-state index in [1.54, 1.807) is 6.07 Å². The zero-order chi connectivity index (χ0) is 18.5. The van der Waals surface area contributed by atoms with E-state index in [0.29, 0.717) is 18.8 Å². The van der Waals surface area contributed by atoms with E-state index in [4.69, 9.17) is 4.52 Å². The molecular weight excluding hydrogens is 368 g/mol. The van der Waals surface area contributed by atoms with Gasteiger partial charge in [0.25, 0.3) is 5.91 Å². The molecule has 152 valence electrons. The standard InChI is InChI=1S/C19H30N4O3.ClH/c1-3-13(2)16-10-17(26-22-16)19(25)23-9-5-6-14(12-23)11-21-18(24)15-7-4-8-20-15;/h10,13-15,20H,3-9,11-12H2,1-2H3,(H,21,24);1H. The Hall–Kier alpha value is -1.60. The van der Waals surface area contributed by atoms with Gasteiger partial charge in [0, 0.05) is 31.6 Å². The van der Waals surface area contributed by atoms with Crippen molar-refractivity contribution in [2.24, 2.45) is 5.92 Å². The summed E-state index contributed by atoms with van der Waals surface area (Å²) in [6.45, 7) is 7.08. The van der Waals surface area contributed by atoms with Crippen LogP contribution in [0.5, 0.6) is 0 Å². The van der Waals surface area contributed by atoms with Gasteiger partial charge in [0.2, 0.25) is 11.7 Å². The van der Waals surface area contributed by atoms with Gasteiger partial charge in [-0.25, -0.2) is 0 Å². The maximum absolute atomic E-state index is 12.7. The zero-order valence-electron chi connectivity index (χ0n) is 16.2. The first-order chi connectivity index (χ1) is 12.6. The molecular formula is C19H31ClN4O3. The number of hydrogen-bond donors (Lipinski definition) is 2. The molecule has 3 heterocycles. The van der Waals surface area contributed by atoms with E-state index in [9.17, 15) is 9.59 Å². The van der Waals surface area contributed by atoms with Crippen molar-refractivity contribution >= 4 is 24.2 Å². The maximum atomic E-state index is 12.7. The van der Waals surface area contributed by atoms with Gasteiger partial charge in [-0.15, -0.1) is 12.4 Å². The maximum Gasteiger partial charge on any atom is 0.292 e. The summed E-state index contributed by atoms with van der Waals surface area (Å²) in [5.41, 5.74) is 0.834. The molecule has 1 aromatic rings. The summed E-state index contributed by atoms with van der Waals surface area (Å²) < 4.78 is 5.28. The Morgan fingerprint density at radius 1 is 1.41 bits per heavy atom. The number of nitrogens with one attached hydrogen (secondary N) is 2. The van der Waals surface area contributed by atoms with Crippen LogP contribution in [0.1, 0.15) is 68.1 Å². The second kappa shape index (κ2) is 10.1. The number of nitrogens with zero attached hydrogens (tertiary/aromatic N) is 2. The number of aromatic nitrogens is 1. The molecule has 8 heteroatoms. The monoisotopic (exact) mass is 398 g/mol. The van der Waals surface area contributed by atoms with E-state index in [1.165, 1.54) is 0 Å². The van der Waals surface area contributed by atoms with Crippen LogP contribution in [-0.2, 0) is 4.79 Å². The molecule has 0 spiro atoms. The highest BCUT2D eigenvalue weighted by molar-refractivity contribution is 5.91. The van der Waals surface area contributed by atoms with Crippen molar-refractivity contribution in [3.63, 3.8) is 0 Å². The second-order valence-corrected chi connectivity index (χ2v) is 7.58. The van der Waals surface area contributed by atoms with Gasteiger partial charge in [-0.3, -0.25) is 9.59 Å². The minimum Gasteiger partial charge on any atom is -0.354 e. The molecule has 0 bridgehead atoms. The van der Waals surface area contributed by atoms with Crippen molar-refractivity contribution in [2.45, 2.75) is 57.9 Å². The van der Waals surface area contributed by atoms with Crippen LogP contribution in [-0.4, -0.2) is 54.1 Å². The lowest BCUT2D eigenvalue weighted by atomic mass is 9.97. The van der Waals surface area contributed by atoms with E-state index >= 15 is 0 Å². The molecule has 2 N–H and O–H groups in total. The molecule has 3 rings (SSSR count). The summed E-state index contributed by atoms with van der Waals surface area (Å²) in [4.78, 5) is 26.7. The summed E-state index contributed by atoms with van der Waals surface area (Å²) in [7, 11) is 0. The Bertz CT molecular complexity index is 630. The molecule has 1 aromatic heterocycles. The van der Waals surface area contributed by atoms with Crippen LogP contribution in [0.4, 0.5) is 0 Å². The molecule has 3 unspecified atom stereocenters. The van der Waals surface area contributed by atoms with Gasteiger partial charge in [-0.2, -0.15) is 0 Å². The molecule has 2 fully saturated rings. The number of carbonyl (C=O) groups is 2. The molecule has 2 saturated heterocycles. The smallest absolute Gasteiger partial charge is 0.292 e. The highest BCUT2D eigenvalue weighted by Gasteiger charge is 2.28. The Labute approximate surface area is 167 Å². The molecule has 0 aliphatic carbocycles. The van der Waals surface area contributed by atoms with Crippen molar-refractivity contribution < 1.29 is 14.1 Å². The van der Waals surface area contributed by atoms with Crippen molar-refractivity contribution in [2.75, 3.05) is 26.2 Å². The van der Waals surface area contributed by atoms with E-state index < -0.39 is 0 Å². The number of likely N-dealkylation sites (tertiary alicyclic amines) is 1. The van der Waals surface area contributed by atoms with Crippen molar-refractivity contribution in [1.82, 2.24) is 20.7 Å². The summed E-state index contributed by atoms with van der Waals surface area (Å²) in [5, 5.41) is 10.3. The second-order valence-electron chi connectivity index (χ2n) is 7.58. The largest absolute Gasteiger partial charge is 0.354 e. The van der Waals surface area contributed by atoms with Gasteiger partial charge in [0.1, 0.15) is 0 Å². The minimum absolute atomic E-state index is 0. The summed E-state index contributed by atoms with van der Waals surface area (Å²) in [6.07, 6.45) is 4.89. The van der Waals surface area contributed by atoms with Crippen LogP contribution in [0.3, 0.4) is 0 Å². The Kier molecular flexibility index (Phi) is 8.10. The SMILES string of the molecule is CCC(C)c1cc(C(=O)N2CCCC(CNC(=O)C3CCCN3)C2)on1.Cl. The topological polar surface area (TPSA) is 87.5 Å². The molecule has 2 amide bonds. The fraction of sp³-hybridized carbons (Fsp3) is 0.737. The molecule has 27 heavy (non-hydrogen) atoms. The summed E-state index contributed by atoms with van der Waals surface area (Å²) >= 11 is 0. The Morgan fingerprint density at radius 2 is 2.22 bits per heavy atom. The lowest BCUT2D eigenvalue weighted by Crippen LogP contribution is -2.46. The average molecular weight is 399 g/mol. The van der Waals surface area contributed by atoms with Crippen molar-refractivity contribution in [3.8, 4) is 0 Å². The van der Waals surface area contributed by atoms with E-state index in [0.717, 1.165) is 50.9 Å². The van der Waals surface area contributed by atoms with Crippen LogP contribution in [0, 0.1) is 5.92 Å². The normalized spacial score (nSPS) is 23.6. The van der Waals surface area contributed by atoms with Crippen molar-refractivity contribution in [1.29, 1.82) is 0 Å². The van der Waals surface area contributed by atoms with Gasteiger partial charge >= 0.3 is 0 Å². The highest BCUT2D eigenvalue weighted by Crippen LogP contribution is 2.22. The third-order valence-electron chi connectivity index (χ3n) is 5.60. The van der Waals surface area contributed by atoms with Crippen LogP contribution >= 0.6 is 12.4 Å². The minimum atomic E-state index is -0.0967. The Balaban J connectivity index is 0.00000261. The quantitative estimate of drug-likeness (QED) is 0.767. The van der Waals surface area contributed by atoms with Crippen molar-refractivity contribution in [3.05, 3.63) is 17.5 Å². The number of amides is 2. The van der Waals surface area contributed by atoms with Gasteiger partial charge in [0.05, 0.1) is 11.7 Å². The molecule has 0 aromatic carbocycles.